The Morgan fingerprint density at radius 2 is 2.00 bits per heavy atom. The van der Waals surface area contributed by atoms with Crippen molar-refractivity contribution in [1.82, 2.24) is 10.9 Å². The van der Waals surface area contributed by atoms with Gasteiger partial charge in [-0.2, -0.15) is 0 Å². The summed E-state index contributed by atoms with van der Waals surface area (Å²) < 4.78 is 0. The van der Waals surface area contributed by atoms with Gasteiger partial charge in [0.2, 0.25) is 5.91 Å². The van der Waals surface area contributed by atoms with E-state index in [4.69, 9.17) is 39.8 Å². The minimum absolute atomic E-state index is 0.0348. The quantitative estimate of drug-likeness (QED) is 0.379. The molecule has 0 aromatic heterocycles. The van der Waals surface area contributed by atoms with Crippen molar-refractivity contribution < 1.29 is 9.59 Å². The second-order valence-corrected chi connectivity index (χ2v) is 7.59. The molecule has 3 N–H and O–H groups in total. The second kappa shape index (κ2) is 8.49. The molecule has 2 unspecified atom stereocenters. The van der Waals surface area contributed by atoms with Crippen molar-refractivity contribution in [2.45, 2.75) is 18.0 Å². The molecule has 2 aromatic rings. The number of halogens is 3. The summed E-state index contributed by atoms with van der Waals surface area (Å²) in [6.45, 7) is 1.38. The smallest absolute Gasteiger partial charge is 0.231 e. The Balaban J connectivity index is 2.18. The summed E-state index contributed by atoms with van der Waals surface area (Å²) in [5, 5.41) is 3.21. The van der Waals surface area contributed by atoms with E-state index in [1.165, 1.54) is 6.92 Å². The molecule has 2 aromatic carbocycles. The number of rotatable bonds is 5. The van der Waals surface area contributed by atoms with E-state index in [9.17, 15) is 9.59 Å². The molecule has 1 aliphatic rings. The van der Waals surface area contributed by atoms with Gasteiger partial charge in [0.1, 0.15) is 17.3 Å². The molecule has 0 spiro atoms. The first-order chi connectivity index (χ1) is 13.4. The van der Waals surface area contributed by atoms with Gasteiger partial charge >= 0.3 is 0 Å². The highest BCUT2D eigenvalue weighted by Gasteiger charge is 2.41. The molecule has 1 aliphatic heterocycles. The van der Waals surface area contributed by atoms with E-state index in [0.717, 1.165) is 0 Å². The van der Waals surface area contributed by atoms with Crippen molar-refractivity contribution in [3.05, 3.63) is 63.6 Å². The minimum atomic E-state index is -1.26. The largest absolute Gasteiger partial charge is 0.362 e. The van der Waals surface area contributed by atoms with Crippen LogP contribution in [0.4, 0.5) is 5.69 Å². The fraction of sp³-hybridized carbons (Fsp3) is 0.211. The standard InChI is InChI=1S/C19H17Cl3N4O2/c1-11(28)25-26-19(17(22)9-27)10-23-18(13-4-2-3-5-15(13)21)14-8-12(20)6-7-16(14)24-19/h2-9,17,24,26H,10H2,1H3,(H,25,28). The molecule has 3 rings (SSSR count). The number of fused-ring (bicyclic) bond motifs is 1. The van der Waals surface area contributed by atoms with Crippen molar-refractivity contribution in [3.8, 4) is 0 Å². The summed E-state index contributed by atoms with van der Waals surface area (Å²) in [4.78, 5) is 27.7. The van der Waals surface area contributed by atoms with Gasteiger partial charge in [-0.3, -0.25) is 15.2 Å². The van der Waals surface area contributed by atoms with Crippen molar-refractivity contribution in [2.24, 2.45) is 4.99 Å². The maximum atomic E-state index is 11.5. The lowest BCUT2D eigenvalue weighted by Gasteiger charge is -2.36. The van der Waals surface area contributed by atoms with Crippen LogP contribution < -0.4 is 16.2 Å². The zero-order valence-electron chi connectivity index (χ0n) is 14.8. The van der Waals surface area contributed by atoms with E-state index in [-0.39, 0.29) is 12.5 Å². The number of aldehydes is 1. The number of nitrogens with one attached hydrogen (secondary N) is 3. The lowest BCUT2D eigenvalue weighted by Crippen LogP contribution is -2.66. The average molecular weight is 440 g/mol. The van der Waals surface area contributed by atoms with E-state index in [2.05, 4.69) is 16.2 Å². The maximum absolute atomic E-state index is 11.5. The van der Waals surface area contributed by atoms with Crippen LogP contribution in [-0.2, 0) is 9.59 Å². The summed E-state index contributed by atoms with van der Waals surface area (Å²) in [5.41, 5.74) is 6.68. The summed E-state index contributed by atoms with van der Waals surface area (Å²) in [7, 11) is 0. The Kier molecular flexibility index (Phi) is 6.25. The fourth-order valence-electron chi connectivity index (χ4n) is 2.89. The van der Waals surface area contributed by atoms with Crippen LogP contribution >= 0.6 is 34.8 Å². The highest BCUT2D eigenvalue weighted by Crippen LogP contribution is 2.32. The number of carbonyl (C=O) groups is 2. The third-order valence-corrected chi connectivity index (χ3v) is 5.30. The number of hydrogen-bond donors (Lipinski definition) is 3. The van der Waals surface area contributed by atoms with Gasteiger partial charge in [0.15, 0.2) is 0 Å². The Bertz CT molecular complexity index is 951. The van der Waals surface area contributed by atoms with Gasteiger partial charge in [0.05, 0.1) is 12.3 Å². The van der Waals surface area contributed by atoms with Crippen LogP contribution in [0.3, 0.4) is 0 Å². The number of hydrazine groups is 1. The van der Waals surface area contributed by atoms with Crippen LogP contribution in [0.25, 0.3) is 0 Å². The number of benzene rings is 2. The predicted octanol–water partition coefficient (Wildman–Crippen LogP) is 3.40. The summed E-state index contributed by atoms with van der Waals surface area (Å²) in [5.74, 6) is -0.341. The molecule has 0 aliphatic carbocycles. The molecule has 1 heterocycles. The molecule has 0 saturated carbocycles. The Morgan fingerprint density at radius 3 is 2.68 bits per heavy atom. The number of aliphatic imine (C=N–C) groups is 1. The molecule has 28 heavy (non-hydrogen) atoms. The number of alkyl halides is 1. The van der Waals surface area contributed by atoms with Gasteiger partial charge in [-0.15, -0.1) is 11.6 Å². The van der Waals surface area contributed by atoms with E-state index in [0.29, 0.717) is 38.9 Å². The number of benzodiazepines with no additional fused rings is 1. The zero-order valence-corrected chi connectivity index (χ0v) is 17.1. The highest BCUT2D eigenvalue weighted by atomic mass is 35.5. The van der Waals surface area contributed by atoms with E-state index in [1.807, 2.05) is 18.2 Å². The van der Waals surface area contributed by atoms with Crippen LogP contribution in [0.1, 0.15) is 18.1 Å². The van der Waals surface area contributed by atoms with E-state index in [1.54, 1.807) is 24.3 Å². The molecular formula is C19H17Cl3N4O2. The van der Waals surface area contributed by atoms with Crippen molar-refractivity contribution in [2.75, 3.05) is 11.9 Å². The Morgan fingerprint density at radius 1 is 1.25 bits per heavy atom. The minimum Gasteiger partial charge on any atom is -0.362 e. The third kappa shape index (κ3) is 4.15. The van der Waals surface area contributed by atoms with Crippen LogP contribution in [0.5, 0.6) is 0 Å². The van der Waals surface area contributed by atoms with Crippen LogP contribution in [-0.4, -0.2) is 35.5 Å². The van der Waals surface area contributed by atoms with Crippen molar-refractivity contribution in [3.63, 3.8) is 0 Å². The Labute approximate surface area is 177 Å². The number of amides is 1. The van der Waals surface area contributed by atoms with Crippen molar-refractivity contribution in [1.29, 1.82) is 0 Å². The molecule has 0 radical (unpaired) electrons. The predicted molar refractivity (Wildman–Crippen MR) is 112 cm³/mol. The molecule has 2 atom stereocenters. The van der Waals surface area contributed by atoms with Crippen LogP contribution in [0, 0.1) is 0 Å². The van der Waals surface area contributed by atoms with E-state index < -0.39 is 11.0 Å². The monoisotopic (exact) mass is 438 g/mol. The van der Waals surface area contributed by atoms with Gasteiger partial charge in [-0.05, 0) is 24.3 Å². The average Bonchev–Trinajstić information content (AvgIpc) is 2.84. The number of nitrogens with zero attached hydrogens (tertiary/aromatic N) is 1. The molecule has 146 valence electrons. The molecule has 6 nitrogen and oxygen atoms in total. The molecule has 0 saturated heterocycles. The van der Waals surface area contributed by atoms with Crippen molar-refractivity contribution >= 4 is 58.4 Å². The molecule has 0 bridgehead atoms. The topological polar surface area (TPSA) is 82.6 Å². The lowest BCUT2D eigenvalue weighted by molar-refractivity contribution is -0.121. The number of anilines is 1. The second-order valence-electron chi connectivity index (χ2n) is 6.27. The first kappa shape index (κ1) is 20.6. The van der Waals surface area contributed by atoms with Crippen LogP contribution in [0.15, 0.2) is 47.5 Å². The van der Waals surface area contributed by atoms with Gasteiger partial charge in [-0.1, -0.05) is 41.4 Å². The normalized spacial score (nSPS) is 19.5. The highest BCUT2D eigenvalue weighted by molar-refractivity contribution is 6.36. The summed E-state index contributed by atoms with van der Waals surface area (Å²) in [6, 6.07) is 12.5. The number of carbonyl (C=O) groups excluding carboxylic acids is 2. The molecule has 9 heteroatoms. The summed E-state index contributed by atoms with van der Waals surface area (Å²) in [6.07, 6.45) is 0.578. The fourth-order valence-corrected chi connectivity index (χ4v) is 3.46. The number of hydrogen-bond acceptors (Lipinski definition) is 5. The first-order valence-electron chi connectivity index (χ1n) is 8.37. The maximum Gasteiger partial charge on any atom is 0.231 e. The van der Waals surface area contributed by atoms with Gasteiger partial charge in [0.25, 0.3) is 0 Å². The lowest BCUT2D eigenvalue weighted by atomic mass is 10.0. The van der Waals surface area contributed by atoms with Gasteiger partial charge < -0.3 is 10.1 Å². The molecular weight excluding hydrogens is 423 g/mol. The first-order valence-corrected chi connectivity index (χ1v) is 9.56. The third-order valence-electron chi connectivity index (χ3n) is 4.26. The molecule has 0 fully saturated rings. The van der Waals surface area contributed by atoms with Gasteiger partial charge in [0, 0.05) is 33.8 Å². The summed E-state index contributed by atoms with van der Waals surface area (Å²) >= 11 is 18.9. The SMILES string of the molecule is CC(=O)NNC1(C(Cl)C=O)CN=C(c2ccccc2Cl)c2cc(Cl)ccc2N1. The van der Waals surface area contributed by atoms with E-state index >= 15 is 0 Å². The van der Waals surface area contributed by atoms with Gasteiger partial charge in [-0.25, -0.2) is 5.43 Å². The van der Waals surface area contributed by atoms with Crippen LogP contribution in [0.2, 0.25) is 10.0 Å². The Hall–Kier alpha value is -2.12. The zero-order chi connectivity index (χ0) is 20.3. The molecule has 1 amide bonds.